The van der Waals surface area contributed by atoms with Crippen molar-refractivity contribution in [3.8, 4) is 0 Å². The normalized spacial score (nSPS) is 29.1. The molecule has 0 aromatic carbocycles. The van der Waals surface area contributed by atoms with Gasteiger partial charge < -0.3 is 4.43 Å². The van der Waals surface area contributed by atoms with Gasteiger partial charge >= 0.3 is 8.65 Å². The summed E-state index contributed by atoms with van der Waals surface area (Å²) in [7, 11) is -2.69. The van der Waals surface area contributed by atoms with E-state index in [1.165, 1.54) is 19.3 Å². The number of halogens is 1. The van der Waals surface area contributed by atoms with Crippen LogP contribution in [0, 0.1) is 0 Å². The van der Waals surface area contributed by atoms with Crippen molar-refractivity contribution in [2.24, 2.45) is 0 Å². The molecular formula is C10H21FOSi. The zero-order valence-electron chi connectivity index (χ0n) is 8.65. The van der Waals surface area contributed by atoms with Gasteiger partial charge in [0.15, 0.2) is 0 Å². The molecule has 1 aliphatic rings. The zero-order valence-corrected chi connectivity index (χ0v) is 9.65. The van der Waals surface area contributed by atoms with Crippen molar-refractivity contribution < 1.29 is 8.53 Å². The van der Waals surface area contributed by atoms with Crippen molar-refractivity contribution >= 4 is 8.65 Å². The van der Waals surface area contributed by atoms with E-state index in [-0.39, 0.29) is 0 Å². The van der Waals surface area contributed by atoms with Gasteiger partial charge in [0.2, 0.25) is 0 Å². The molecule has 0 aromatic heterocycles. The van der Waals surface area contributed by atoms with Crippen LogP contribution in [0.2, 0.25) is 12.1 Å². The summed E-state index contributed by atoms with van der Waals surface area (Å²) < 4.78 is 19.2. The summed E-state index contributed by atoms with van der Waals surface area (Å²) in [5.41, 5.74) is 0. The Kier molecular flexibility index (Phi) is 4.95. The first-order chi connectivity index (χ1) is 6.27. The molecule has 1 aliphatic heterocycles. The van der Waals surface area contributed by atoms with Crippen LogP contribution in [0.4, 0.5) is 4.11 Å². The molecule has 1 unspecified atom stereocenters. The fourth-order valence-corrected chi connectivity index (χ4v) is 4.44. The lowest BCUT2D eigenvalue weighted by atomic mass is 10.2. The molecule has 0 aliphatic carbocycles. The molecular weight excluding hydrogens is 183 g/mol. The van der Waals surface area contributed by atoms with Crippen LogP contribution in [0.1, 0.15) is 45.4 Å². The molecule has 0 amide bonds. The van der Waals surface area contributed by atoms with Crippen molar-refractivity contribution in [2.45, 2.75) is 57.5 Å². The topological polar surface area (TPSA) is 9.23 Å². The second-order valence-electron chi connectivity index (χ2n) is 4.00. The second kappa shape index (κ2) is 5.76. The molecule has 0 N–H and O–H groups in total. The molecule has 0 spiro atoms. The van der Waals surface area contributed by atoms with Gasteiger partial charge in [0.25, 0.3) is 0 Å². The maximum absolute atomic E-state index is 13.9. The van der Waals surface area contributed by atoms with Gasteiger partial charge in [0, 0.05) is 6.61 Å². The maximum atomic E-state index is 13.9. The fourth-order valence-electron chi connectivity index (χ4n) is 1.83. The Balaban J connectivity index is 2.10. The van der Waals surface area contributed by atoms with E-state index in [0.717, 1.165) is 31.4 Å². The van der Waals surface area contributed by atoms with Gasteiger partial charge in [-0.1, -0.05) is 32.6 Å². The molecule has 0 saturated carbocycles. The van der Waals surface area contributed by atoms with Crippen LogP contribution in [0.25, 0.3) is 0 Å². The van der Waals surface area contributed by atoms with Crippen molar-refractivity contribution in [3.63, 3.8) is 0 Å². The van der Waals surface area contributed by atoms with E-state index >= 15 is 0 Å². The van der Waals surface area contributed by atoms with Gasteiger partial charge in [-0.2, -0.15) is 0 Å². The molecule has 1 nitrogen and oxygen atoms in total. The van der Waals surface area contributed by atoms with Gasteiger partial charge in [0.1, 0.15) is 0 Å². The van der Waals surface area contributed by atoms with Crippen molar-refractivity contribution in [1.82, 2.24) is 0 Å². The van der Waals surface area contributed by atoms with Crippen molar-refractivity contribution in [3.05, 3.63) is 0 Å². The molecule has 1 atom stereocenters. The molecule has 78 valence electrons. The van der Waals surface area contributed by atoms with E-state index in [1.54, 1.807) is 0 Å². The van der Waals surface area contributed by atoms with E-state index in [9.17, 15) is 4.11 Å². The first kappa shape index (κ1) is 11.2. The van der Waals surface area contributed by atoms with E-state index in [4.69, 9.17) is 4.43 Å². The molecule has 1 saturated heterocycles. The summed E-state index contributed by atoms with van der Waals surface area (Å²) in [6, 6.07) is 1.49. The fraction of sp³-hybridized carbons (Fsp3) is 1.00. The van der Waals surface area contributed by atoms with Crippen LogP contribution < -0.4 is 0 Å². The van der Waals surface area contributed by atoms with E-state index < -0.39 is 8.65 Å². The highest BCUT2D eigenvalue weighted by molar-refractivity contribution is 6.66. The summed E-state index contributed by atoms with van der Waals surface area (Å²) in [6.45, 7) is 2.86. The largest absolute Gasteiger partial charge is 0.391 e. The Labute approximate surface area is 82.0 Å². The van der Waals surface area contributed by atoms with Gasteiger partial charge in [-0.05, 0) is 24.9 Å². The zero-order chi connectivity index (χ0) is 9.57. The molecule has 0 bridgehead atoms. The van der Waals surface area contributed by atoms with E-state index in [0.29, 0.717) is 6.61 Å². The van der Waals surface area contributed by atoms with Crippen LogP contribution in [-0.4, -0.2) is 15.3 Å². The standard InChI is InChI=1S/C10H21FOSi/c1-2-3-4-6-9-13(11)10-7-5-8-12-13/h2-10H2,1H3. The third-order valence-electron chi connectivity index (χ3n) is 2.71. The summed E-state index contributed by atoms with van der Waals surface area (Å²) in [5.74, 6) is 0. The van der Waals surface area contributed by atoms with Crippen LogP contribution in [0.5, 0.6) is 0 Å². The minimum atomic E-state index is -2.69. The Morgan fingerprint density at radius 2 is 2.08 bits per heavy atom. The predicted octanol–water partition coefficient (Wildman–Crippen LogP) is 3.79. The summed E-state index contributed by atoms with van der Waals surface area (Å²) in [5, 5.41) is 0. The second-order valence-corrected chi connectivity index (χ2v) is 7.05. The van der Waals surface area contributed by atoms with Crippen LogP contribution in [0.3, 0.4) is 0 Å². The lowest BCUT2D eigenvalue weighted by Gasteiger charge is -2.26. The molecule has 1 rings (SSSR count). The highest BCUT2D eigenvalue weighted by Crippen LogP contribution is 2.28. The lowest BCUT2D eigenvalue weighted by molar-refractivity contribution is 0.231. The maximum Gasteiger partial charge on any atom is 0.383 e. The average molecular weight is 204 g/mol. The summed E-state index contributed by atoms with van der Waals surface area (Å²) in [4.78, 5) is 0. The van der Waals surface area contributed by atoms with Crippen molar-refractivity contribution in [2.75, 3.05) is 6.61 Å². The van der Waals surface area contributed by atoms with Gasteiger partial charge in [-0.15, -0.1) is 0 Å². The third-order valence-corrected chi connectivity index (χ3v) is 5.63. The molecule has 1 heterocycles. The molecule has 0 aromatic rings. The number of rotatable bonds is 5. The summed E-state index contributed by atoms with van der Waals surface area (Å²) >= 11 is 0. The summed E-state index contributed by atoms with van der Waals surface area (Å²) in [6.07, 6.45) is 6.80. The van der Waals surface area contributed by atoms with E-state index in [1.807, 2.05) is 0 Å². The highest BCUT2D eigenvalue weighted by atomic mass is 28.4. The molecule has 13 heavy (non-hydrogen) atoms. The first-order valence-electron chi connectivity index (χ1n) is 5.60. The predicted molar refractivity (Wildman–Crippen MR) is 55.8 cm³/mol. The third kappa shape index (κ3) is 4.23. The van der Waals surface area contributed by atoms with Gasteiger partial charge in [-0.3, -0.25) is 4.11 Å². The number of unbranched alkanes of at least 4 members (excludes halogenated alkanes) is 3. The Hall–Kier alpha value is 0.107. The number of hydrogen-bond donors (Lipinski definition) is 0. The SMILES string of the molecule is CCCCCC[Si]1(F)CCCCO1. The smallest absolute Gasteiger partial charge is 0.383 e. The average Bonchev–Trinajstić information content (AvgIpc) is 2.14. The minimum Gasteiger partial charge on any atom is -0.391 e. The molecule has 1 fully saturated rings. The highest BCUT2D eigenvalue weighted by Gasteiger charge is 2.37. The Morgan fingerprint density at radius 3 is 2.69 bits per heavy atom. The molecule has 3 heteroatoms. The van der Waals surface area contributed by atoms with Crippen LogP contribution in [0.15, 0.2) is 0 Å². The number of hydrogen-bond acceptors (Lipinski definition) is 1. The van der Waals surface area contributed by atoms with Crippen LogP contribution in [-0.2, 0) is 4.43 Å². The van der Waals surface area contributed by atoms with E-state index in [2.05, 4.69) is 6.92 Å². The first-order valence-corrected chi connectivity index (χ1v) is 7.80. The minimum absolute atomic E-state index is 0.677. The Bertz CT molecular complexity index is 135. The van der Waals surface area contributed by atoms with Gasteiger partial charge in [0.05, 0.1) is 0 Å². The van der Waals surface area contributed by atoms with Crippen LogP contribution >= 0.6 is 0 Å². The van der Waals surface area contributed by atoms with Gasteiger partial charge in [-0.25, -0.2) is 0 Å². The lowest BCUT2D eigenvalue weighted by Crippen LogP contribution is -2.36. The quantitative estimate of drug-likeness (QED) is 0.376. The Morgan fingerprint density at radius 1 is 1.23 bits per heavy atom. The van der Waals surface area contributed by atoms with Crippen molar-refractivity contribution in [1.29, 1.82) is 0 Å². The monoisotopic (exact) mass is 204 g/mol. The molecule has 0 radical (unpaired) electrons.